The first-order chi connectivity index (χ1) is 15.5. The van der Waals surface area contributed by atoms with E-state index in [2.05, 4.69) is 30.7 Å². The number of aromatic nitrogens is 5. The molecule has 0 fully saturated rings. The summed E-state index contributed by atoms with van der Waals surface area (Å²) >= 11 is 0. The Balaban J connectivity index is 1.70. The van der Waals surface area contributed by atoms with E-state index in [1.165, 1.54) is 30.4 Å². The van der Waals surface area contributed by atoms with Gasteiger partial charge in [-0.2, -0.15) is 5.10 Å². The molecular weight excluding hydrogens is 418 g/mol. The highest BCUT2D eigenvalue weighted by Crippen LogP contribution is 2.38. The third kappa shape index (κ3) is 3.23. The summed E-state index contributed by atoms with van der Waals surface area (Å²) in [6.07, 6.45) is 4.23. The first kappa shape index (κ1) is 19.4. The molecule has 0 aliphatic carbocycles. The smallest absolute Gasteiger partial charge is 0.357 e. The molecule has 0 radical (unpaired) electrons. The lowest BCUT2D eigenvalue weighted by molar-refractivity contribution is 0.0692. The predicted octanol–water partition coefficient (Wildman–Crippen LogP) is 1.76. The summed E-state index contributed by atoms with van der Waals surface area (Å²) < 4.78 is 12.7. The van der Waals surface area contributed by atoms with Crippen molar-refractivity contribution in [3.8, 4) is 17.2 Å². The minimum absolute atomic E-state index is 0.0507. The Hall–Kier alpha value is -4.61. The van der Waals surface area contributed by atoms with Crippen LogP contribution in [-0.2, 0) is 0 Å². The maximum atomic E-state index is 11.9. The summed E-state index contributed by atoms with van der Waals surface area (Å²) in [6, 6.07) is 5.09. The molecule has 1 aliphatic heterocycles. The Morgan fingerprint density at radius 1 is 1.31 bits per heavy atom. The van der Waals surface area contributed by atoms with Crippen LogP contribution < -0.4 is 25.7 Å². The van der Waals surface area contributed by atoms with Crippen LogP contribution in [0.25, 0.3) is 16.6 Å². The highest BCUT2D eigenvalue weighted by atomic mass is 16.5. The molecule has 4 heterocycles. The van der Waals surface area contributed by atoms with Crippen molar-refractivity contribution in [3.05, 3.63) is 52.8 Å². The Labute approximate surface area is 179 Å². The van der Waals surface area contributed by atoms with E-state index >= 15 is 0 Å². The number of H-pyrrole nitrogens is 1. The largest absolute Gasteiger partial charge is 0.494 e. The molecule has 0 spiro atoms. The Kier molecular flexibility index (Phi) is 4.58. The van der Waals surface area contributed by atoms with E-state index in [9.17, 15) is 14.7 Å². The molecule has 0 saturated heterocycles. The van der Waals surface area contributed by atoms with Gasteiger partial charge in [-0.3, -0.25) is 4.79 Å². The van der Waals surface area contributed by atoms with Crippen LogP contribution in [0.3, 0.4) is 0 Å². The minimum atomic E-state index is -1.20. The number of hydrogen-bond donors (Lipinski definition) is 4. The molecule has 0 atom stereocenters. The van der Waals surface area contributed by atoms with Gasteiger partial charge in [0, 0.05) is 43.3 Å². The molecule has 5 rings (SSSR count). The van der Waals surface area contributed by atoms with Gasteiger partial charge in [-0.1, -0.05) is 0 Å². The molecule has 12 nitrogen and oxygen atoms in total. The van der Waals surface area contributed by atoms with Crippen LogP contribution in [0.15, 0.2) is 41.6 Å². The van der Waals surface area contributed by atoms with Crippen LogP contribution in [0.2, 0.25) is 0 Å². The summed E-state index contributed by atoms with van der Waals surface area (Å²) in [5.41, 5.74) is 1.10. The van der Waals surface area contributed by atoms with Crippen LogP contribution in [0.1, 0.15) is 10.5 Å². The van der Waals surface area contributed by atoms with Crippen molar-refractivity contribution in [2.45, 2.75) is 0 Å². The van der Waals surface area contributed by atoms with Crippen molar-refractivity contribution in [1.82, 2.24) is 24.7 Å². The van der Waals surface area contributed by atoms with E-state index in [4.69, 9.17) is 9.47 Å². The number of fused-ring (bicyclic) bond motifs is 2. The third-order valence-electron chi connectivity index (χ3n) is 4.91. The number of carboxylic acid groups (broad SMARTS) is 1. The van der Waals surface area contributed by atoms with Gasteiger partial charge in [0.1, 0.15) is 29.6 Å². The van der Waals surface area contributed by atoms with Gasteiger partial charge in [0.05, 0.1) is 23.7 Å². The molecule has 162 valence electrons. The normalized spacial score (nSPS) is 12.5. The van der Waals surface area contributed by atoms with Gasteiger partial charge < -0.3 is 30.2 Å². The molecule has 0 saturated carbocycles. The average molecular weight is 435 g/mol. The number of rotatable bonds is 5. The lowest BCUT2D eigenvalue weighted by Gasteiger charge is -2.21. The fraction of sp³-hybridized carbons (Fsp3) is 0.150. The number of pyridine rings is 1. The quantitative estimate of drug-likeness (QED) is 0.364. The lowest BCUT2D eigenvalue weighted by atomic mass is 10.2. The fourth-order valence-electron chi connectivity index (χ4n) is 3.46. The molecule has 0 bridgehead atoms. The van der Waals surface area contributed by atoms with Crippen LogP contribution in [0.5, 0.6) is 11.5 Å². The highest BCUT2D eigenvalue weighted by Gasteiger charge is 2.23. The SMILES string of the molecule is COc1cc2c(cc1-n1nc(C(=O)O)c3cnc(Nc4ncc[nH]c4=O)cc31)OCCN2. The number of aromatic carboxylic acids is 1. The highest BCUT2D eigenvalue weighted by molar-refractivity contribution is 6.02. The van der Waals surface area contributed by atoms with Crippen LogP contribution in [-0.4, -0.2) is 56.1 Å². The van der Waals surface area contributed by atoms with Crippen molar-refractivity contribution >= 4 is 34.2 Å². The first-order valence-electron chi connectivity index (χ1n) is 9.57. The molecule has 4 aromatic rings. The standard InChI is InChI=1S/C20H17N7O5/c1-31-15-6-11-14(32-5-4-21-11)7-13(15)27-12-8-16(25-18-19(28)23-3-2-22-18)24-9-10(12)17(26-27)20(29)30/h2-3,6-9,21H,4-5H2,1H3,(H,23,28)(H,29,30)(H,22,24,25). The third-order valence-corrected chi connectivity index (χ3v) is 4.91. The molecule has 3 aromatic heterocycles. The average Bonchev–Trinajstić information content (AvgIpc) is 3.18. The Morgan fingerprint density at radius 2 is 2.19 bits per heavy atom. The summed E-state index contributed by atoms with van der Waals surface area (Å²) in [5, 5.41) is 20.3. The first-order valence-corrected chi connectivity index (χ1v) is 9.57. The van der Waals surface area contributed by atoms with Crippen LogP contribution in [0, 0.1) is 0 Å². The van der Waals surface area contributed by atoms with Crippen molar-refractivity contribution in [1.29, 1.82) is 0 Å². The zero-order valence-corrected chi connectivity index (χ0v) is 16.7. The molecule has 32 heavy (non-hydrogen) atoms. The van der Waals surface area contributed by atoms with E-state index < -0.39 is 11.5 Å². The van der Waals surface area contributed by atoms with E-state index in [0.717, 1.165) is 5.69 Å². The van der Waals surface area contributed by atoms with Gasteiger partial charge in [0.25, 0.3) is 5.56 Å². The van der Waals surface area contributed by atoms with E-state index in [-0.39, 0.29) is 17.3 Å². The fourth-order valence-corrected chi connectivity index (χ4v) is 3.46. The zero-order valence-electron chi connectivity index (χ0n) is 16.7. The molecule has 0 amide bonds. The summed E-state index contributed by atoms with van der Waals surface area (Å²) in [5.74, 6) is 0.201. The maximum absolute atomic E-state index is 11.9. The van der Waals surface area contributed by atoms with Gasteiger partial charge in [-0.25, -0.2) is 19.4 Å². The molecule has 0 unspecified atom stereocenters. The molecule has 1 aromatic carbocycles. The summed E-state index contributed by atoms with van der Waals surface area (Å²) in [4.78, 5) is 34.5. The van der Waals surface area contributed by atoms with Gasteiger partial charge >= 0.3 is 5.97 Å². The van der Waals surface area contributed by atoms with E-state index in [1.54, 1.807) is 18.2 Å². The number of aromatic amines is 1. The van der Waals surface area contributed by atoms with Crippen LogP contribution in [0.4, 0.5) is 17.3 Å². The topological polar surface area (TPSA) is 156 Å². The van der Waals surface area contributed by atoms with Crippen molar-refractivity contribution in [2.75, 3.05) is 30.9 Å². The summed E-state index contributed by atoms with van der Waals surface area (Å²) in [7, 11) is 1.51. The second-order valence-corrected chi connectivity index (χ2v) is 6.84. The number of hydrogen-bond acceptors (Lipinski definition) is 9. The molecule has 4 N–H and O–H groups in total. The second-order valence-electron chi connectivity index (χ2n) is 6.84. The Morgan fingerprint density at radius 3 is 2.97 bits per heavy atom. The zero-order chi connectivity index (χ0) is 22.2. The predicted molar refractivity (Wildman–Crippen MR) is 115 cm³/mol. The van der Waals surface area contributed by atoms with Crippen LogP contribution >= 0.6 is 0 Å². The number of carbonyl (C=O) groups is 1. The monoisotopic (exact) mass is 435 g/mol. The number of nitrogens with zero attached hydrogens (tertiary/aromatic N) is 4. The molecule has 1 aliphatic rings. The number of benzene rings is 1. The van der Waals surface area contributed by atoms with Crippen molar-refractivity contribution in [2.24, 2.45) is 0 Å². The van der Waals surface area contributed by atoms with E-state index in [1.807, 2.05) is 0 Å². The summed E-state index contributed by atoms with van der Waals surface area (Å²) in [6.45, 7) is 1.16. The van der Waals surface area contributed by atoms with Gasteiger partial charge in [0.15, 0.2) is 11.5 Å². The molecule has 12 heteroatoms. The van der Waals surface area contributed by atoms with Crippen molar-refractivity contribution < 1.29 is 19.4 Å². The Bertz CT molecular complexity index is 1410. The second kappa shape index (κ2) is 7.58. The van der Waals surface area contributed by atoms with Gasteiger partial charge in [-0.05, 0) is 0 Å². The maximum Gasteiger partial charge on any atom is 0.357 e. The number of nitrogens with one attached hydrogen (secondary N) is 3. The van der Waals surface area contributed by atoms with Gasteiger partial charge in [-0.15, -0.1) is 0 Å². The number of carboxylic acids is 1. The minimum Gasteiger partial charge on any atom is -0.494 e. The number of anilines is 3. The van der Waals surface area contributed by atoms with Crippen molar-refractivity contribution in [3.63, 3.8) is 0 Å². The number of ether oxygens (including phenoxy) is 2. The molecular formula is C20H17N7O5. The van der Waals surface area contributed by atoms with Gasteiger partial charge in [0.2, 0.25) is 0 Å². The number of methoxy groups -OCH3 is 1. The lowest BCUT2D eigenvalue weighted by Crippen LogP contribution is -2.18. The van der Waals surface area contributed by atoms with E-state index in [0.29, 0.717) is 41.2 Å².